The molecule has 124 valence electrons. The van der Waals surface area contributed by atoms with Crippen LogP contribution < -0.4 is 5.32 Å². The Hall–Kier alpha value is 0.270. The Morgan fingerprint density at radius 2 is 2.05 bits per heavy atom. The molecule has 3 heteroatoms. The molecule has 2 atom stereocenters. The lowest BCUT2D eigenvalue weighted by Crippen LogP contribution is -2.47. The van der Waals surface area contributed by atoms with Crippen molar-refractivity contribution in [2.24, 2.45) is 11.3 Å². The van der Waals surface area contributed by atoms with Crippen molar-refractivity contribution in [2.45, 2.75) is 64.5 Å². The number of rotatable bonds is 5. The lowest BCUT2D eigenvalue weighted by atomic mass is 9.69. The predicted octanol–water partition coefficient (Wildman–Crippen LogP) is 4.01. The SMILES string of the molecule is CCNCC1(CN2CCSC(C)(C)CC2)CCCC(C)C1. The van der Waals surface area contributed by atoms with E-state index in [0.29, 0.717) is 10.2 Å². The van der Waals surface area contributed by atoms with E-state index in [1.807, 2.05) is 0 Å². The highest BCUT2D eigenvalue weighted by atomic mass is 32.2. The lowest BCUT2D eigenvalue weighted by Gasteiger charge is -2.43. The standard InChI is InChI=1S/C18H36N2S/c1-5-19-14-18(8-6-7-16(2)13-18)15-20-10-9-17(3,4)21-12-11-20/h16,19H,5-15H2,1-4H3. The number of nitrogens with zero attached hydrogens (tertiary/aromatic N) is 1. The molecule has 0 aromatic heterocycles. The molecule has 0 aromatic carbocycles. The fraction of sp³-hybridized carbons (Fsp3) is 1.00. The quantitative estimate of drug-likeness (QED) is 0.826. The molecule has 2 nitrogen and oxygen atoms in total. The summed E-state index contributed by atoms with van der Waals surface area (Å²) in [6.07, 6.45) is 7.06. The van der Waals surface area contributed by atoms with Crippen LogP contribution in [-0.2, 0) is 0 Å². The lowest BCUT2D eigenvalue weighted by molar-refractivity contribution is 0.0828. The smallest absolute Gasteiger partial charge is 0.0116 e. The van der Waals surface area contributed by atoms with Crippen molar-refractivity contribution >= 4 is 11.8 Å². The van der Waals surface area contributed by atoms with Crippen LogP contribution in [0.3, 0.4) is 0 Å². The summed E-state index contributed by atoms with van der Waals surface area (Å²) in [4.78, 5) is 2.77. The first-order chi connectivity index (χ1) is 9.95. The molecule has 0 radical (unpaired) electrons. The molecule has 1 aliphatic carbocycles. The Labute approximate surface area is 136 Å². The van der Waals surface area contributed by atoms with Crippen LogP contribution in [-0.4, -0.2) is 48.1 Å². The van der Waals surface area contributed by atoms with E-state index in [1.165, 1.54) is 64.0 Å². The molecule has 1 N–H and O–H groups in total. The third kappa shape index (κ3) is 5.44. The van der Waals surface area contributed by atoms with Gasteiger partial charge in [-0.1, -0.05) is 40.5 Å². The van der Waals surface area contributed by atoms with Crippen LogP contribution in [0.4, 0.5) is 0 Å². The monoisotopic (exact) mass is 312 g/mol. The maximum absolute atomic E-state index is 3.67. The normalized spacial score (nSPS) is 34.6. The van der Waals surface area contributed by atoms with E-state index >= 15 is 0 Å². The fourth-order valence-corrected chi connectivity index (χ4v) is 5.35. The van der Waals surface area contributed by atoms with Crippen LogP contribution in [0.1, 0.15) is 59.8 Å². The summed E-state index contributed by atoms with van der Waals surface area (Å²) in [5.74, 6) is 2.22. The number of thioether (sulfide) groups is 1. The van der Waals surface area contributed by atoms with Gasteiger partial charge in [0.15, 0.2) is 0 Å². The van der Waals surface area contributed by atoms with Gasteiger partial charge in [-0.3, -0.25) is 0 Å². The minimum Gasteiger partial charge on any atom is -0.316 e. The van der Waals surface area contributed by atoms with Gasteiger partial charge in [-0.15, -0.1) is 0 Å². The summed E-state index contributed by atoms with van der Waals surface area (Å²) in [6, 6.07) is 0. The highest BCUT2D eigenvalue weighted by Crippen LogP contribution is 2.40. The highest BCUT2D eigenvalue weighted by molar-refractivity contribution is 8.00. The van der Waals surface area contributed by atoms with Crippen molar-refractivity contribution in [3.8, 4) is 0 Å². The van der Waals surface area contributed by atoms with Gasteiger partial charge in [0.25, 0.3) is 0 Å². The van der Waals surface area contributed by atoms with Gasteiger partial charge in [0, 0.05) is 30.1 Å². The van der Waals surface area contributed by atoms with Gasteiger partial charge in [-0.05, 0) is 43.7 Å². The minimum atomic E-state index is 0.476. The maximum Gasteiger partial charge on any atom is 0.0116 e. The molecule has 2 rings (SSSR count). The summed E-state index contributed by atoms with van der Waals surface area (Å²) in [6.45, 7) is 15.8. The van der Waals surface area contributed by atoms with E-state index in [2.05, 4.69) is 49.7 Å². The Kier molecular flexibility index (Phi) is 6.46. The van der Waals surface area contributed by atoms with Crippen LogP contribution in [0.5, 0.6) is 0 Å². The summed E-state index contributed by atoms with van der Waals surface area (Å²) in [5.41, 5.74) is 0.535. The number of nitrogens with one attached hydrogen (secondary N) is 1. The molecule has 0 bridgehead atoms. The average Bonchev–Trinajstić information content (AvgIpc) is 2.58. The fourth-order valence-electron chi connectivity index (χ4n) is 4.21. The molecule has 0 spiro atoms. The van der Waals surface area contributed by atoms with Gasteiger partial charge in [-0.25, -0.2) is 0 Å². The summed E-state index contributed by atoms with van der Waals surface area (Å²) < 4.78 is 0.476. The Morgan fingerprint density at radius 3 is 2.76 bits per heavy atom. The molecule has 21 heavy (non-hydrogen) atoms. The van der Waals surface area contributed by atoms with Gasteiger partial charge in [0.2, 0.25) is 0 Å². The first-order valence-electron chi connectivity index (χ1n) is 9.02. The van der Waals surface area contributed by atoms with Gasteiger partial charge in [0.05, 0.1) is 0 Å². The zero-order valence-electron chi connectivity index (χ0n) is 14.7. The van der Waals surface area contributed by atoms with Gasteiger partial charge in [-0.2, -0.15) is 11.8 Å². The second kappa shape index (κ2) is 7.70. The Balaban J connectivity index is 1.97. The minimum absolute atomic E-state index is 0.476. The van der Waals surface area contributed by atoms with E-state index in [1.54, 1.807) is 0 Å². The van der Waals surface area contributed by atoms with Crippen molar-refractivity contribution in [1.29, 1.82) is 0 Å². The molecule has 2 fully saturated rings. The molecule has 2 aliphatic rings. The number of hydrogen-bond acceptors (Lipinski definition) is 3. The van der Waals surface area contributed by atoms with Crippen LogP contribution in [0, 0.1) is 11.3 Å². The third-order valence-corrected chi connectivity index (χ3v) is 6.80. The van der Waals surface area contributed by atoms with Crippen LogP contribution in [0.25, 0.3) is 0 Å². The highest BCUT2D eigenvalue weighted by Gasteiger charge is 2.37. The average molecular weight is 313 g/mol. The van der Waals surface area contributed by atoms with Crippen LogP contribution in [0.2, 0.25) is 0 Å². The zero-order valence-corrected chi connectivity index (χ0v) is 15.5. The van der Waals surface area contributed by atoms with E-state index in [9.17, 15) is 0 Å². The van der Waals surface area contributed by atoms with Crippen molar-refractivity contribution < 1.29 is 0 Å². The van der Waals surface area contributed by atoms with E-state index < -0.39 is 0 Å². The maximum atomic E-state index is 3.67. The zero-order chi connectivity index (χ0) is 15.3. The van der Waals surface area contributed by atoms with E-state index in [4.69, 9.17) is 0 Å². The molecule has 0 amide bonds. The Bertz CT molecular complexity index is 318. The second-order valence-corrected chi connectivity index (χ2v) is 9.92. The van der Waals surface area contributed by atoms with Crippen molar-refractivity contribution in [2.75, 3.05) is 38.5 Å². The van der Waals surface area contributed by atoms with Gasteiger partial charge < -0.3 is 10.2 Å². The Morgan fingerprint density at radius 1 is 1.24 bits per heavy atom. The molecule has 1 aliphatic heterocycles. The largest absolute Gasteiger partial charge is 0.316 e. The third-order valence-electron chi connectivity index (χ3n) is 5.42. The van der Waals surface area contributed by atoms with Crippen LogP contribution in [0.15, 0.2) is 0 Å². The summed E-state index contributed by atoms with van der Waals surface area (Å²) in [7, 11) is 0. The molecule has 0 aromatic rings. The van der Waals surface area contributed by atoms with Gasteiger partial charge >= 0.3 is 0 Å². The summed E-state index contributed by atoms with van der Waals surface area (Å²) in [5, 5.41) is 3.67. The molecular formula is C18H36N2S. The second-order valence-electron chi connectivity index (χ2n) is 8.12. The molecule has 1 saturated carbocycles. The topological polar surface area (TPSA) is 15.3 Å². The first kappa shape index (κ1) is 17.6. The van der Waals surface area contributed by atoms with E-state index in [-0.39, 0.29) is 0 Å². The first-order valence-corrected chi connectivity index (χ1v) is 10.0. The van der Waals surface area contributed by atoms with Crippen molar-refractivity contribution in [1.82, 2.24) is 10.2 Å². The van der Waals surface area contributed by atoms with Gasteiger partial charge in [0.1, 0.15) is 0 Å². The molecular weight excluding hydrogens is 276 g/mol. The van der Waals surface area contributed by atoms with Crippen molar-refractivity contribution in [3.05, 3.63) is 0 Å². The van der Waals surface area contributed by atoms with Crippen LogP contribution >= 0.6 is 11.8 Å². The molecule has 1 heterocycles. The van der Waals surface area contributed by atoms with E-state index in [0.717, 1.165) is 12.5 Å². The van der Waals surface area contributed by atoms with Crippen molar-refractivity contribution in [3.63, 3.8) is 0 Å². The number of hydrogen-bond donors (Lipinski definition) is 1. The summed E-state index contributed by atoms with van der Waals surface area (Å²) >= 11 is 2.17. The molecule has 2 unspecified atom stereocenters. The predicted molar refractivity (Wildman–Crippen MR) is 96.2 cm³/mol. The molecule has 1 saturated heterocycles.